The average molecular weight is 652 g/mol. The highest BCUT2D eigenvalue weighted by Gasteiger charge is 2.19. The molecule has 0 saturated carbocycles. The maximum atomic E-state index is 6.27. The highest BCUT2D eigenvalue weighted by atomic mass is 16.5. The summed E-state index contributed by atoms with van der Waals surface area (Å²) in [7, 11) is 0. The average Bonchev–Trinajstić information content (AvgIpc) is 3.18. The Kier molecular flexibility index (Phi) is 11.3. The van der Waals surface area contributed by atoms with Crippen LogP contribution < -0.4 is 4.74 Å². The molecule has 1 aliphatic rings. The van der Waals surface area contributed by atoms with Gasteiger partial charge in [0, 0.05) is 17.0 Å². The lowest BCUT2D eigenvalue weighted by Crippen LogP contribution is -2.08. The van der Waals surface area contributed by atoms with Crippen LogP contribution in [0.15, 0.2) is 188 Å². The Labute approximate surface area is 296 Å². The molecular weight excluding hydrogens is 611 g/mol. The molecule has 4 aromatic carbocycles. The lowest BCUT2D eigenvalue weighted by Gasteiger charge is -2.17. The van der Waals surface area contributed by atoms with E-state index in [1.54, 1.807) is 0 Å². The van der Waals surface area contributed by atoms with Crippen LogP contribution in [0.3, 0.4) is 0 Å². The highest BCUT2D eigenvalue weighted by Crippen LogP contribution is 2.33. The van der Waals surface area contributed by atoms with Gasteiger partial charge in [-0.15, -0.1) is 0 Å². The molecule has 4 nitrogen and oxygen atoms in total. The van der Waals surface area contributed by atoms with Crippen LogP contribution in [0, 0.1) is 0 Å². The molecule has 6 rings (SSSR count). The Bertz CT molecular complexity index is 2040. The molecular formula is C46H41N3O. The Morgan fingerprint density at radius 2 is 1.42 bits per heavy atom. The molecule has 0 radical (unpaired) electrons. The quantitative estimate of drug-likeness (QED) is 0.126. The molecule has 0 aliphatic heterocycles. The topological polar surface area (TPSA) is 47.9 Å². The zero-order chi connectivity index (χ0) is 34.5. The van der Waals surface area contributed by atoms with Crippen molar-refractivity contribution in [3.63, 3.8) is 0 Å². The van der Waals surface area contributed by atoms with E-state index in [2.05, 4.69) is 67.3 Å². The molecule has 1 aliphatic carbocycles. The number of hydrogen-bond donors (Lipinski definition) is 0. The number of nitrogens with zero attached hydrogens (tertiary/aromatic N) is 3. The Hall–Kier alpha value is -6.13. The highest BCUT2D eigenvalue weighted by molar-refractivity contribution is 5.76. The molecule has 1 atom stereocenters. The van der Waals surface area contributed by atoms with Crippen molar-refractivity contribution >= 4 is 5.57 Å². The van der Waals surface area contributed by atoms with Crippen LogP contribution in [0.2, 0.25) is 0 Å². The Morgan fingerprint density at radius 1 is 0.740 bits per heavy atom. The van der Waals surface area contributed by atoms with Crippen molar-refractivity contribution in [3.05, 3.63) is 205 Å². The lowest BCUT2D eigenvalue weighted by molar-refractivity contribution is 0.482. The van der Waals surface area contributed by atoms with E-state index in [1.165, 1.54) is 5.56 Å². The number of ether oxygens (including phenoxy) is 1. The molecule has 0 N–H and O–H groups in total. The molecule has 0 bridgehead atoms. The lowest BCUT2D eigenvalue weighted by atomic mass is 9.92. The van der Waals surface area contributed by atoms with Gasteiger partial charge in [-0.05, 0) is 78.8 Å². The molecule has 1 aromatic heterocycles. The first kappa shape index (κ1) is 33.8. The predicted molar refractivity (Wildman–Crippen MR) is 208 cm³/mol. The molecule has 1 unspecified atom stereocenters. The van der Waals surface area contributed by atoms with Crippen molar-refractivity contribution in [3.8, 4) is 34.3 Å². The zero-order valence-electron chi connectivity index (χ0n) is 28.6. The monoisotopic (exact) mass is 651 g/mol. The number of aromatic nitrogens is 3. The number of benzene rings is 4. The van der Waals surface area contributed by atoms with Crippen molar-refractivity contribution in [2.75, 3.05) is 0 Å². The second-order valence-electron chi connectivity index (χ2n) is 12.0. The second-order valence-corrected chi connectivity index (χ2v) is 12.0. The van der Waals surface area contributed by atoms with Gasteiger partial charge < -0.3 is 4.74 Å². The van der Waals surface area contributed by atoms with Gasteiger partial charge in [-0.3, -0.25) is 0 Å². The minimum Gasteiger partial charge on any atom is -0.457 e. The molecule has 0 saturated heterocycles. The SMILES string of the molecule is C=C(/C=C\C=C/C)C(/C=C\Cc1ccc(Oc2cccc(C3=CCC(c4nc(-c5ccccc5)nc(-c5ccccc5)n4)C=C3)c2)cc1)=C/C. The van der Waals surface area contributed by atoms with Crippen LogP contribution in [0.1, 0.15) is 43.1 Å². The summed E-state index contributed by atoms with van der Waals surface area (Å²) in [5.41, 5.74) is 7.52. The first-order valence-electron chi connectivity index (χ1n) is 17.0. The largest absolute Gasteiger partial charge is 0.457 e. The normalized spacial score (nSPS) is 14.8. The molecule has 246 valence electrons. The van der Waals surface area contributed by atoms with E-state index in [-0.39, 0.29) is 5.92 Å². The van der Waals surface area contributed by atoms with Gasteiger partial charge in [-0.25, -0.2) is 15.0 Å². The third kappa shape index (κ3) is 8.86. The smallest absolute Gasteiger partial charge is 0.163 e. The molecule has 0 amide bonds. The van der Waals surface area contributed by atoms with Gasteiger partial charge >= 0.3 is 0 Å². The van der Waals surface area contributed by atoms with Crippen LogP contribution in [0.25, 0.3) is 28.3 Å². The van der Waals surface area contributed by atoms with Crippen molar-refractivity contribution < 1.29 is 4.74 Å². The standard InChI is InChI=1S/C46H41N3O/c1-4-6-9-16-34(3)36(5-2)22-14-17-35-25-31-42(32-26-35)50-43-24-15-23-41(33-43)37-27-29-40(30-28-37)46-48-44(38-18-10-7-11-19-38)47-45(49-46)39-20-12-8-13-21-39/h4-16,18-29,31-33,40H,3,17,30H2,1-2H3/b6-4-,16-9-,22-14-,36-5+. The fourth-order valence-electron chi connectivity index (χ4n) is 5.68. The molecule has 5 aromatic rings. The number of allylic oxidation sites excluding steroid dienone is 13. The maximum absolute atomic E-state index is 6.27. The fourth-order valence-corrected chi connectivity index (χ4v) is 5.68. The minimum absolute atomic E-state index is 0.0444. The van der Waals surface area contributed by atoms with Gasteiger partial charge in [0.2, 0.25) is 0 Å². The summed E-state index contributed by atoms with van der Waals surface area (Å²) in [5.74, 6) is 3.78. The van der Waals surface area contributed by atoms with E-state index in [0.29, 0.717) is 11.6 Å². The summed E-state index contributed by atoms with van der Waals surface area (Å²) in [4.78, 5) is 14.7. The molecule has 0 fully saturated rings. The van der Waals surface area contributed by atoms with E-state index in [1.807, 2.05) is 123 Å². The van der Waals surface area contributed by atoms with E-state index < -0.39 is 0 Å². The van der Waals surface area contributed by atoms with Gasteiger partial charge in [0.25, 0.3) is 0 Å². The number of rotatable bonds is 12. The van der Waals surface area contributed by atoms with Gasteiger partial charge in [0.15, 0.2) is 11.6 Å². The summed E-state index contributed by atoms with van der Waals surface area (Å²) >= 11 is 0. The van der Waals surface area contributed by atoms with E-state index in [0.717, 1.165) is 63.6 Å². The van der Waals surface area contributed by atoms with Crippen LogP contribution in [0.5, 0.6) is 11.5 Å². The van der Waals surface area contributed by atoms with Gasteiger partial charge in [-0.2, -0.15) is 0 Å². The van der Waals surface area contributed by atoms with Gasteiger partial charge in [0.1, 0.15) is 17.3 Å². The second kappa shape index (κ2) is 16.8. The van der Waals surface area contributed by atoms with Crippen molar-refractivity contribution in [1.29, 1.82) is 0 Å². The molecule has 4 heteroatoms. The summed E-state index contributed by atoms with van der Waals surface area (Å²) in [6.45, 7) is 8.22. The number of hydrogen-bond acceptors (Lipinski definition) is 4. The van der Waals surface area contributed by atoms with E-state index in [4.69, 9.17) is 19.7 Å². The van der Waals surface area contributed by atoms with E-state index in [9.17, 15) is 0 Å². The van der Waals surface area contributed by atoms with Crippen molar-refractivity contribution in [2.24, 2.45) is 0 Å². The fraction of sp³-hybridized carbons (Fsp3) is 0.109. The summed E-state index contributed by atoms with van der Waals surface area (Å²) in [6, 6.07) is 36.7. The molecule has 50 heavy (non-hydrogen) atoms. The maximum Gasteiger partial charge on any atom is 0.163 e. The Morgan fingerprint density at radius 3 is 2.04 bits per heavy atom. The first-order valence-corrected chi connectivity index (χ1v) is 17.0. The molecule has 1 heterocycles. The third-order valence-corrected chi connectivity index (χ3v) is 8.41. The first-order chi connectivity index (χ1) is 24.6. The van der Waals surface area contributed by atoms with Crippen LogP contribution in [0.4, 0.5) is 0 Å². The van der Waals surface area contributed by atoms with Gasteiger partial charge in [-0.1, -0.05) is 152 Å². The summed E-state index contributed by atoms with van der Waals surface area (Å²) in [6.07, 6.45) is 22.7. The van der Waals surface area contributed by atoms with Crippen LogP contribution >= 0.6 is 0 Å². The molecule has 0 spiro atoms. The summed E-state index contributed by atoms with van der Waals surface area (Å²) < 4.78 is 6.27. The summed E-state index contributed by atoms with van der Waals surface area (Å²) in [5, 5.41) is 0. The van der Waals surface area contributed by atoms with Crippen LogP contribution in [-0.4, -0.2) is 15.0 Å². The zero-order valence-corrected chi connectivity index (χ0v) is 28.6. The predicted octanol–water partition coefficient (Wildman–Crippen LogP) is 11.9. The minimum atomic E-state index is 0.0444. The van der Waals surface area contributed by atoms with Crippen LogP contribution in [-0.2, 0) is 6.42 Å². The van der Waals surface area contributed by atoms with Crippen molar-refractivity contribution in [2.45, 2.75) is 32.6 Å². The Balaban J connectivity index is 1.11. The van der Waals surface area contributed by atoms with E-state index >= 15 is 0 Å². The third-order valence-electron chi connectivity index (χ3n) is 8.41. The van der Waals surface area contributed by atoms with Gasteiger partial charge in [0.05, 0.1) is 0 Å². The van der Waals surface area contributed by atoms with Crippen molar-refractivity contribution in [1.82, 2.24) is 15.0 Å².